The van der Waals surface area contributed by atoms with Crippen molar-refractivity contribution in [3.05, 3.63) is 0 Å². The first-order chi connectivity index (χ1) is 8.45. The average Bonchev–Trinajstić information content (AvgIpc) is 2.28. The number of hydrogen-bond acceptors (Lipinski definition) is 4. The fraction of sp³-hybridized carbons (Fsp3) is 1.00. The highest BCUT2D eigenvalue weighted by atomic mass is 32.9. The summed E-state index contributed by atoms with van der Waals surface area (Å²) in [4.78, 5) is 0. The molecule has 0 bridgehead atoms. The fourth-order valence-electron chi connectivity index (χ4n) is 1.79. The van der Waals surface area contributed by atoms with Crippen LogP contribution in [0.1, 0.15) is 58.8 Å². The van der Waals surface area contributed by atoms with Crippen molar-refractivity contribution in [2.45, 2.75) is 64.8 Å². The van der Waals surface area contributed by atoms with Crippen LogP contribution in [0.4, 0.5) is 0 Å². The normalized spacial score (nSPS) is 16.4. The summed E-state index contributed by atoms with van der Waals surface area (Å²) in [6.45, 7) is 5.09. The van der Waals surface area contributed by atoms with Crippen LogP contribution in [-0.4, -0.2) is 28.0 Å². The maximum atomic E-state index is 10.6. The molecule has 0 spiro atoms. The van der Waals surface area contributed by atoms with Crippen molar-refractivity contribution in [3.8, 4) is 0 Å². The van der Waals surface area contributed by atoms with Gasteiger partial charge in [-0.05, 0) is 13.3 Å². The third-order valence-corrected chi connectivity index (χ3v) is 3.57. The van der Waals surface area contributed by atoms with Gasteiger partial charge < -0.3 is 5.32 Å². The van der Waals surface area contributed by atoms with Crippen LogP contribution in [0.2, 0.25) is 0 Å². The van der Waals surface area contributed by atoms with E-state index in [1.54, 1.807) is 0 Å². The van der Waals surface area contributed by atoms with Crippen LogP contribution in [0.5, 0.6) is 0 Å². The van der Waals surface area contributed by atoms with Crippen LogP contribution in [-0.2, 0) is 24.4 Å². The predicted octanol–water partition coefficient (Wildman–Crippen LogP) is 2.87. The zero-order valence-corrected chi connectivity index (χ0v) is 13.2. The molecule has 0 aromatic carbocycles. The van der Waals surface area contributed by atoms with E-state index < -0.39 is 9.05 Å². The molecule has 0 aliphatic heterocycles. The molecule has 0 aromatic heterocycles. The van der Waals surface area contributed by atoms with Crippen molar-refractivity contribution in [1.29, 1.82) is 0 Å². The lowest BCUT2D eigenvalue weighted by Crippen LogP contribution is -2.29. The fourth-order valence-corrected chi connectivity index (χ4v) is 2.28. The molecular weight excluding hydrogens is 270 g/mol. The van der Waals surface area contributed by atoms with Gasteiger partial charge in [-0.2, -0.15) is 4.21 Å². The third kappa shape index (κ3) is 14.3. The maximum absolute atomic E-state index is 10.6. The second kappa shape index (κ2) is 11.1. The highest BCUT2D eigenvalue weighted by molar-refractivity contribution is 8.27. The first kappa shape index (κ1) is 18.2. The lowest BCUT2D eigenvalue weighted by molar-refractivity contribution is 0.294. The van der Waals surface area contributed by atoms with Crippen LogP contribution in [0.15, 0.2) is 0 Å². The Bertz CT molecular complexity index is 281. The van der Waals surface area contributed by atoms with Gasteiger partial charge in [-0.3, -0.25) is 8.74 Å². The van der Waals surface area contributed by atoms with Crippen molar-refractivity contribution >= 4 is 20.2 Å². The second-order valence-corrected chi connectivity index (χ2v) is 7.02. The Labute approximate surface area is 117 Å². The topological polar surface area (TPSA) is 58.6 Å². The summed E-state index contributed by atoms with van der Waals surface area (Å²) in [5.41, 5.74) is 0. The van der Waals surface area contributed by atoms with E-state index in [0.29, 0.717) is 12.6 Å². The van der Waals surface area contributed by atoms with Gasteiger partial charge in [0.25, 0.3) is 9.05 Å². The van der Waals surface area contributed by atoms with Crippen LogP contribution >= 0.6 is 0 Å². The third-order valence-electron chi connectivity index (χ3n) is 2.82. The summed E-state index contributed by atoms with van der Waals surface area (Å²) >= 11 is 4.22. The van der Waals surface area contributed by atoms with Gasteiger partial charge in [-0.1, -0.05) is 45.4 Å². The number of nitrogens with one attached hydrogen (secondary N) is 1. The van der Waals surface area contributed by atoms with Crippen LogP contribution in [0.3, 0.4) is 0 Å². The van der Waals surface area contributed by atoms with E-state index in [4.69, 9.17) is 4.55 Å². The molecular formula is C12H27NO3S2. The Balaban J connectivity index is 3.30. The van der Waals surface area contributed by atoms with Gasteiger partial charge in [0.1, 0.15) is 0 Å². The van der Waals surface area contributed by atoms with Crippen molar-refractivity contribution in [2.24, 2.45) is 0 Å². The summed E-state index contributed by atoms with van der Waals surface area (Å²) in [5.74, 6) is 0. The molecule has 0 radical (unpaired) electrons. The molecule has 6 heteroatoms. The number of unbranched alkanes of at least 4 members (excludes halogenated alkanes) is 5. The lowest BCUT2D eigenvalue weighted by atomic mass is 10.1. The van der Waals surface area contributed by atoms with Gasteiger partial charge in [0.15, 0.2) is 0 Å². The molecule has 0 rings (SSSR count). The Morgan fingerprint density at radius 1 is 1.28 bits per heavy atom. The van der Waals surface area contributed by atoms with Gasteiger partial charge in [-0.15, -0.1) is 0 Å². The predicted molar refractivity (Wildman–Crippen MR) is 79.5 cm³/mol. The Kier molecular flexibility index (Phi) is 11.3. The van der Waals surface area contributed by atoms with E-state index in [-0.39, 0.29) is 6.61 Å². The molecule has 0 aromatic rings. The molecule has 0 aliphatic rings. The highest BCUT2D eigenvalue weighted by Crippen LogP contribution is 2.08. The molecule has 0 saturated heterocycles. The van der Waals surface area contributed by atoms with E-state index >= 15 is 0 Å². The van der Waals surface area contributed by atoms with Gasteiger partial charge in [0.05, 0.1) is 6.61 Å². The first-order valence-electron chi connectivity index (χ1n) is 6.81. The summed E-state index contributed by atoms with van der Waals surface area (Å²) in [5, 5.41) is 3.25. The SMILES string of the molecule is CCCCCCCC[C@H](C)NCCOS(=O)(O)=S. The van der Waals surface area contributed by atoms with Gasteiger partial charge in [0.2, 0.25) is 0 Å². The molecule has 4 nitrogen and oxygen atoms in total. The van der Waals surface area contributed by atoms with E-state index in [1.165, 1.54) is 38.5 Å². The molecule has 0 aliphatic carbocycles. The van der Waals surface area contributed by atoms with Crippen LogP contribution in [0.25, 0.3) is 0 Å². The quantitative estimate of drug-likeness (QED) is 0.542. The van der Waals surface area contributed by atoms with Crippen LogP contribution < -0.4 is 5.32 Å². The largest absolute Gasteiger partial charge is 0.312 e. The minimum Gasteiger partial charge on any atom is -0.312 e. The van der Waals surface area contributed by atoms with Crippen molar-refractivity contribution in [2.75, 3.05) is 13.2 Å². The van der Waals surface area contributed by atoms with Crippen molar-refractivity contribution in [1.82, 2.24) is 5.32 Å². The standard InChI is InChI=1S/C12H27NO3S2/c1-3-4-5-6-7-8-9-12(2)13-10-11-16-18(14,15)17/h12-13H,3-11H2,1-2H3,(H,14,15,17)/t12-/m0/s1. The Hall–Kier alpha value is 0.250. The number of hydrogen-bond donors (Lipinski definition) is 2. The maximum Gasteiger partial charge on any atom is 0.266 e. The van der Waals surface area contributed by atoms with E-state index in [0.717, 1.165) is 6.42 Å². The average molecular weight is 297 g/mol. The van der Waals surface area contributed by atoms with E-state index in [1.807, 2.05) is 0 Å². The smallest absolute Gasteiger partial charge is 0.266 e. The van der Waals surface area contributed by atoms with Crippen LogP contribution in [0, 0.1) is 0 Å². The zero-order chi connectivity index (χ0) is 13.9. The monoisotopic (exact) mass is 297 g/mol. The highest BCUT2D eigenvalue weighted by Gasteiger charge is 2.03. The zero-order valence-electron chi connectivity index (χ0n) is 11.5. The molecule has 18 heavy (non-hydrogen) atoms. The summed E-state index contributed by atoms with van der Waals surface area (Å²) in [6.07, 6.45) is 8.95. The van der Waals surface area contributed by atoms with Gasteiger partial charge in [-0.25, -0.2) is 0 Å². The molecule has 1 unspecified atom stereocenters. The number of rotatable bonds is 12. The molecule has 0 heterocycles. The van der Waals surface area contributed by atoms with Crippen molar-refractivity contribution in [3.63, 3.8) is 0 Å². The molecule has 0 saturated carbocycles. The minimum absolute atomic E-state index is 0.180. The van der Waals surface area contributed by atoms with E-state index in [2.05, 4.69) is 34.5 Å². The minimum atomic E-state index is -3.46. The van der Waals surface area contributed by atoms with Crippen molar-refractivity contribution < 1.29 is 12.9 Å². The first-order valence-corrected chi connectivity index (χ1v) is 9.17. The van der Waals surface area contributed by atoms with Gasteiger partial charge in [0, 0.05) is 23.8 Å². The van der Waals surface area contributed by atoms with Gasteiger partial charge >= 0.3 is 0 Å². The molecule has 2 atom stereocenters. The molecule has 2 N–H and O–H groups in total. The summed E-state index contributed by atoms with van der Waals surface area (Å²) < 4.78 is 24.0. The second-order valence-electron chi connectivity index (χ2n) is 4.66. The Morgan fingerprint density at radius 3 is 2.50 bits per heavy atom. The summed E-state index contributed by atoms with van der Waals surface area (Å²) in [6, 6.07) is 0.416. The molecule has 0 amide bonds. The molecule has 110 valence electrons. The molecule has 0 fully saturated rings. The van der Waals surface area contributed by atoms with E-state index in [9.17, 15) is 4.21 Å². The summed E-state index contributed by atoms with van der Waals surface area (Å²) in [7, 11) is -3.46. The lowest BCUT2D eigenvalue weighted by Gasteiger charge is -2.13. The Morgan fingerprint density at radius 2 is 1.89 bits per heavy atom.